The molecule has 1 aromatic rings. The van der Waals surface area contributed by atoms with Crippen molar-refractivity contribution >= 4 is 23.3 Å². The number of hydrogen-bond donors (Lipinski definition) is 3. The van der Waals surface area contributed by atoms with Gasteiger partial charge in [0.25, 0.3) is 0 Å². The number of nitrogens with one attached hydrogen (secondary N) is 3. The summed E-state index contributed by atoms with van der Waals surface area (Å²) in [6.45, 7) is 23.9. The second-order valence-electron chi connectivity index (χ2n) is 10.8. The molecule has 1 unspecified atom stereocenters. The van der Waals surface area contributed by atoms with Gasteiger partial charge >= 0.3 is 5.97 Å². The molecule has 0 aromatic heterocycles. The van der Waals surface area contributed by atoms with E-state index in [2.05, 4.69) is 70.5 Å². The van der Waals surface area contributed by atoms with Crippen molar-refractivity contribution in [2.24, 2.45) is 5.41 Å². The smallest absolute Gasteiger partial charge is 0.340 e. The van der Waals surface area contributed by atoms with Crippen LogP contribution in [0.3, 0.4) is 0 Å². The maximum atomic E-state index is 12.7. The van der Waals surface area contributed by atoms with Gasteiger partial charge in [0, 0.05) is 36.8 Å². The minimum atomic E-state index is -0.373. The molecule has 2 rings (SSSR count). The molecule has 200 valence electrons. The summed E-state index contributed by atoms with van der Waals surface area (Å²) in [7, 11) is 0. The van der Waals surface area contributed by atoms with Crippen LogP contribution < -0.4 is 10.6 Å². The summed E-state index contributed by atoms with van der Waals surface area (Å²) in [6, 6.07) is 4.53. The lowest BCUT2D eigenvalue weighted by atomic mass is 9.79. The van der Waals surface area contributed by atoms with Crippen molar-refractivity contribution in [2.45, 2.75) is 73.8 Å². The van der Waals surface area contributed by atoms with Crippen LogP contribution in [0.4, 0.5) is 0 Å². The summed E-state index contributed by atoms with van der Waals surface area (Å²) in [4.78, 5) is 12.7. The van der Waals surface area contributed by atoms with Gasteiger partial charge in [0.15, 0.2) is 0 Å². The van der Waals surface area contributed by atoms with E-state index in [9.17, 15) is 4.79 Å². The maximum Gasteiger partial charge on any atom is 0.340 e. The number of aryl methyl sites for hydroxylation is 1. The number of rotatable bonds is 9. The van der Waals surface area contributed by atoms with Gasteiger partial charge in [-0.25, -0.2) is 4.79 Å². The standard InChI is InChI=1S/C32H45N3O2/c1-10-24-15-27-22(5)14-23(6)29(31(36)37-11-2)20-35-30(32(7,8)9)17-25(27)16-28(24)26(18-33)19-34-13-12-21(3)4/h14-16,18-20,30,33-35H,3,6,10-13,17H2,1-2,4-5,7-9H3/b22-14+,26-19+,29-20+,33-18?. The Bertz CT molecular complexity index is 1130. The molecule has 1 atom stereocenters. The molecule has 1 aliphatic rings. The van der Waals surface area contributed by atoms with E-state index in [1.807, 2.05) is 19.2 Å². The third-order valence-corrected chi connectivity index (χ3v) is 6.69. The summed E-state index contributed by atoms with van der Waals surface area (Å²) in [6.07, 6.45) is 9.58. The molecule has 1 aromatic carbocycles. The van der Waals surface area contributed by atoms with Crippen molar-refractivity contribution in [3.05, 3.63) is 82.7 Å². The predicted molar refractivity (Wildman–Crippen MR) is 158 cm³/mol. The Morgan fingerprint density at radius 1 is 1.30 bits per heavy atom. The molecule has 0 saturated heterocycles. The third kappa shape index (κ3) is 8.08. The molecule has 0 fully saturated rings. The molecule has 0 amide bonds. The molecule has 5 nitrogen and oxygen atoms in total. The summed E-state index contributed by atoms with van der Waals surface area (Å²) in [5.74, 6) is -0.373. The van der Waals surface area contributed by atoms with Gasteiger partial charge in [-0.1, -0.05) is 58.1 Å². The Labute approximate surface area is 224 Å². The molecule has 0 radical (unpaired) electrons. The van der Waals surface area contributed by atoms with Crippen LogP contribution in [0.2, 0.25) is 0 Å². The van der Waals surface area contributed by atoms with E-state index in [-0.39, 0.29) is 17.4 Å². The molecule has 0 saturated carbocycles. The number of ether oxygens (including phenoxy) is 1. The molecule has 37 heavy (non-hydrogen) atoms. The van der Waals surface area contributed by atoms with Crippen molar-refractivity contribution in [3.8, 4) is 0 Å². The lowest BCUT2D eigenvalue weighted by Gasteiger charge is -2.33. The first-order valence-corrected chi connectivity index (χ1v) is 13.2. The fourth-order valence-electron chi connectivity index (χ4n) is 4.38. The number of esters is 1. The number of hydrogen-bond acceptors (Lipinski definition) is 5. The van der Waals surface area contributed by atoms with Gasteiger partial charge in [-0.15, -0.1) is 6.58 Å². The first-order chi connectivity index (χ1) is 17.4. The van der Waals surface area contributed by atoms with Gasteiger partial charge in [0.05, 0.1) is 12.2 Å². The van der Waals surface area contributed by atoms with Crippen molar-refractivity contribution in [3.63, 3.8) is 0 Å². The van der Waals surface area contributed by atoms with Crippen molar-refractivity contribution in [2.75, 3.05) is 13.2 Å². The predicted octanol–water partition coefficient (Wildman–Crippen LogP) is 6.76. The van der Waals surface area contributed by atoms with E-state index in [0.717, 1.165) is 53.7 Å². The average Bonchev–Trinajstić information content (AvgIpc) is 2.82. The zero-order valence-corrected chi connectivity index (χ0v) is 23.8. The van der Waals surface area contributed by atoms with Crippen LogP contribution in [-0.2, 0) is 22.4 Å². The summed E-state index contributed by atoms with van der Waals surface area (Å²) >= 11 is 0. The van der Waals surface area contributed by atoms with Crippen LogP contribution in [0.25, 0.3) is 11.1 Å². The molecule has 0 spiro atoms. The normalized spacial score (nSPS) is 19.4. The van der Waals surface area contributed by atoms with Gasteiger partial charge < -0.3 is 20.8 Å². The zero-order chi connectivity index (χ0) is 27.8. The highest BCUT2D eigenvalue weighted by Crippen LogP contribution is 2.33. The number of carbonyl (C=O) groups is 1. The maximum absolute atomic E-state index is 12.7. The molecule has 0 aliphatic carbocycles. The number of allylic oxidation sites excluding steroid dienone is 3. The van der Waals surface area contributed by atoms with E-state index in [4.69, 9.17) is 10.1 Å². The van der Waals surface area contributed by atoms with Gasteiger partial charge in [-0.2, -0.15) is 0 Å². The van der Waals surface area contributed by atoms with E-state index >= 15 is 0 Å². The molecule has 5 heteroatoms. The zero-order valence-electron chi connectivity index (χ0n) is 23.8. The van der Waals surface area contributed by atoms with Crippen molar-refractivity contribution in [1.29, 1.82) is 5.41 Å². The van der Waals surface area contributed by atoms with Crippen LogP contribution in [0, 0.1) is 10.8 Å². The Morgan fingerprint density at radius 3 is 2.57 bits per heavy atom. The van der Waals surface area contributed by atoms with E-state index < -0.39 is 0 Å². The van der Waals surface area contributed by atoms with Crippen LogP contribution in [0.15, 0.2) is 60.5 Å². The summed E-state index contributed by atoms with van der Waals surface area (Å²) in [5, 5.41) is 15.0. The third-order valence-electron chi connectivity index (χ3n) is 6.69. The summed E-state index contributed by atoms with van der Waals surface area (Å²) < 4.78 is 5.31. The first kappa shape index (κ1) is 29.9. The van der Waals surface area contributed by atoms with Crippen molar-refractivity contribution in [1.82, 2.24) is 10.6 Å². The highest BCUT2D eigenvalue weighted by Gasteiger charge is 2.27. The molecule has 0 bridgehead atoms. The van der Waals surface area contributed by atoms with E-state index in [1.54, 1.807) is 13.1 Å². The molecular weight excluding hydrogens is 458 g/mol. The van der Waals surface area contributed by atoms with Crippen molar-refractivity contribution < 1.29 is 9.53 Å². The summed E-state index contributed by atoms with van der Waals surface area (Å²) in [5.41, 5.74) is 8.59. The van der Waals surface area contributed by atoms with Gasteiger partial charge in [0.2, 0.25) is 0 Å². The van der Waals surface area contributed by atoms with Crippen LogP contribution in [0.1, 0.15) is 77.1 Å². The minimum absolute atomic E-state index is 0.0517. The lowest BCUT2D eigenvalue weighted by molar-refractivity contribution is -0.138. The van der Waals surface area contributed by atoms with E-state index in [0.29, 0.717) is 17.8 Å². The highest BCUT2D eigenvalue weighted by atomic mass is 16.5. The SMILES string of the molecule is C=C(C)CCN/C=C(\C=N)c1cc2c(cc1CC)/C(C)=C/C(=C)/C(C(=O)OCC)=C\NC(C(C)(C)C)C2. The number of carbonyl (C=O) groups excluding carboxylic acids is 1. The average molecular weight is 504 g/mol. The monoisotopic (exact) mass is 503 g/mol. The fraction of sp³-hybridized carbons (Fsp3) is 0.438. The number of benzene rings is 1. The second kappa shape index (κ2) is 13.3. The second-order valence-corrected chi connectivity index (χ2v) is 10.8. The van der Waals surface area contributed by atoms with E-state index in [1.165, 1.54) is 17.3 Å². The Kier molecular flexibility index (Phi) is 10.7. The van der Waals surface area contributed by atoms with Gasteiger partial charge in [-0.3, -0.25) is 0 Å². The first-order valence-electron chi connectivity index (χ1n) is 13.2. The van der Waals surface area contributed by atoms with Gasteiger partial charge in [-0.05, 0) is 78.8 Å². The largest absolute Gasteiger partial charge is 0.462 e. The Morgan fingerprint density at radius 2 is 2.00 bits per heavy atom. The topological polar surface area (TPSA) is 74.2 Å². The molecule has 1 aliphatic heterocycles. The Balaban J connectivity index is 2.68. The number of fused-ring (bicyclic) bond motifs is 1. The molecule has 1 heterocycles. The van der Waals surface area contributed by atoms with Gasteiger partial charge in [0.1, 0.15) is 0 Å². The minimum Gasteiger partial charge on any atom is -0.462 e. The van der Waals surface area contributed by atoms with Crippen LogP contribution in [0.5, 0.6) is 0 Å². The fourth-order valence-corrected chi connectivity index (χ4v) is 4.38. The van der Waals surface area contributed by atoms with Crippen LogP contribution in [-0.4, -0.2) is 31.4 Å². The van der Waals surface area contributed by atoms with Crippen LogP contribution >= 0.6 is 0 Å². The molecular formula is C32H45N3O2. The lowest BCUT2D eigenvalue weighted by Crippen LogP contribution is -2.40. The quantitative estimate of drug-likeness (QED) is 0.151. The Hall–Kier alpha value is -3.34. The molecule has 3 N–H and O–H groups in total. The highest BCUT2D eigenvalue weighted by molar-refractivity contribution is 6.09.